The van der Waals surface area contributed by atoms with Crippen LogP contribution >= 0.6 is 11.3 Å². The van der Waals surface area contributed by atoms with E-state index in [1.807, 2.05) is 11.7 Å². The van der Waals surface area contributed by atoms with Crippen LogP contribution in [0.25, 0.3) is 0 Å². The molecule has 1 heterocycles. The standard InChI is InChI=1S/C12H22N2OS/c1-5-12(3,15-4)11(14-6-2)7-10-8-13-9-16-10/h8-9,11,14H,5-7H2,1-4H3. The van der Waals surface area contributed by atoms with Crippen LogP contribution in [-0.4, -0.2) is 30.3 Å². The molecule has 4 heteroatoms. The first kappa shape index (κ1) is 13.6. The summed E-state index contributed by atoms with van der Waals surface area (Å²) in [4.78, 5) is 5.43. The van der Waals surface area contributed by atoms with Gasteiger partial charge in [0.2, 0.25) is 0 Å². The van der Waals surface area contributed by atoms with Crippen molar-refractivity contribution < 1.29 is 4.74 Å². The van der Waals surface area contributed by atoms with E-state index in [-0.39, 0.29) is 5.60 Å². The molecule has 2 atom stereocenters. The number of methoxy groups -OCH3 is 1. The molecule has 0 fully saturated rings. The molecular weight excluding hydrogens is 220 g/mol. The summed E-state index contributed by atoms with van der Waals surface area (Å²) < 4.78 is 5.67. The van der Waals surface area contributed by atoms with Crippen molar-refractivity contribution >= 4 is 11.3 Å². The molecule has 0 bridgehead atoms. The second kappa shape index (κ2) is 6.33. The molecule has 0 saturated heterocycles. The summed E-state index contributed by atoms with van der Waals surface area (Å²) in [7, 11) is 1.79. The minimum atomic E-state index is -0.111. The molecule has 0 spiro atoms. The van der Waals surface area contributed by atoms with E-state index in [4.69, 9.17) is 4.74 Å². The monoisotopic (exact) mass is 242 g/mol. The van der Waals surface area contributed by atoms with Crippen molar-refractivity contribution in [2.24, 2.45) is 0 Å². The lowest BCUT2D eigenvalue weighted by molar-refractivity contribution is -0.0281. The van der Waals surface area contributed by atoms with Crippen LogP contribution < -0.4 is 5.32 Å². The summed E-state index contributed by atoms with van der Waals surface area (Å²) in [6.07, 6.45) is 3.93. The summed E-state index contributed by atoms with van der Waals surface area (Å²) in [5.41, 5.74) is 1.77. The van der Waals surface area contributed by atoms with E-state index >= 15 is 0 Å². The van der Waals surface area contributed by atoms with Gasteiger partial charge in [0, 0.05) is 30.6 Å². The molecule has 1 rings (SSSR count). The highest BCUT2D eigenvalue weighted by Crippen LogP contribution is 2.23. The number of rotatable bonds is 7. The fourth-order valence-electron chi connectivity index (χ4n) is 1.83. The first-order valence-electron chi connectivity index (χ1n) is 5.82. The molecule has 0 aliphatic carbocycles. The third-order valence-electron chi connectivity index (χ3n) is 3.24. The Labute approximate surface area is 102 Å². The number of nitrogens with zero attached hydrogens (tertiary/aromatic N) is 1. The average molecular weight is 242 g/mol. The van der Waals surface area contributed by atoms with Crippen LogP contribution in [0.1, 0.15) is 32.1 Å². The number of thiazole rings is 1. The first-order chi connectivity index (χ1) is 7.66. The normalized spacial score (nSPS) is 17.0. The highest BCUT2D eigenvalue weighted by Gasteiger charge is 2.32. The van der Waals surface area contributed by atoms with E-state index in [2.05, 4.69) is 31.1 Å². The van der Waals surface area contributed by atoms with Crippen molar-refractivity contribution in [3.8, 4) is 0 Å². The Balaban J connectivity index is 2.73. The van der Waals surface area contributed by atoms with Gasteiger partial charge in [-0.05, 0) is 19.9 Å². The van der Waals surface area contributed by atoms with Crippen LogP contribution in [0.2, 0.25) is 0 Å². The third kappa shape index (κ3) is 3.27. The van der Waals surface area contributed by atoms with Crippen molar-refractivity contribution in [1.29, 1.82) is 0 Å². The first-order valence-corrected chi connectivity index (χ1v) is 6.70. The fraction of sp³-hybridized carbons (Fsp3) is 0.750. The van der Waals surface area contributed by atoms with Gasteiger partial charge in [0.15, 0.2) is 0 Å². The summed E-state index contributed by atoms with van der Waals surface area (Å²) in [6.45, 7) is 7.43. The second-order valence-electron chi connectivity index (χ2n) is 4.15. The SMILES string of the molecule is CCNC(Cc1cncs1)C(C)(CC)OC. The number of hydrogen-bond acceptors (Lipinski definition) is 4. The van der Waals surface area contributed by atoms with E-state index in [1.54, 1.807) is 18.4 Å². The van der Waals surface area contributed by atoms with Crippen molar-refractivity contribution in [3.63, 3.8) is 0 Å². The lowest BCUT2D eigenvalue weighted by Crippen LogP contribution is -2.51. The zero-order valence-corrected chi connectivity index (χ0v) is 11.4. The fourth-order valence-corrected chi connectivity index (χ4v) is 2.47. The van der Waals surface area contributed by atoms with E-state index in [0.29, 0.717) is 6.04 Å². The maximum atomic E-state index is 5.67. The molecule has 0 aliphatic heterocycles. The summed E-state index contributed by atoms with van der Waals surface area (Å²) in [6, 6.07) is 0.341. The maximum Gasteiger partial charge on any atom is 0.0803 e. The van der Waals surface area contributed by atoms with Gasteiger partial charge in [-0.1, -0.05) is 13.8 Å². The Morgan fingerprint density at radius 1 is 1.56 bits per heavy atom. The summed E-state index contributed by atoms with van der Waals surface area (Å²) >= 11 is 1.71. The van der Waals surface area contributed by atoms with Gasteiger partial charge in [-0.15, -0.1) is 11.3 Å². The Morgan fingerprint density at radius 3 is 2.75 bits per heavy atom. The maximum absolute atomic E-state index is 5.67. The molecule has 92 valence electrons. The molecular formula is C12H22N2OS. The molecule has 16 heavy (non-hydrogen) atoms. The Bertz CT molecular complexity index is 283. The number of ether oxygens (including phenoxy) is 1. The van der Waals surface area contributed by atoms with Crippen LogP contribution in [0.4, 0.5) is 0 Å². The Kier molecular flexibility index (Phi) is 5.38. The quantitative estimate of drug-likeness (QED) is 0.797. The minimum absolute atomic E-state index is 0.111. The lowest BCUT2D eigenvalue weighted by Gasteiger charge is -2.36. The van der Waals surface area contributed by atoms with Crippen LogP contribution in [-0.2, 0) is 11.2 Å². The van der Waals surface area contributed by atoms with Gasteiger partial charge in [0.1, 0.15) is 0 Å². The van der Waals surface area contributed by atoms with Gasteiger partial charge < -0.3 is 10.1 Å². The van der Waals surface area contributed by atoms with Gasteiger partial charge >= 0.3 is 0 Å². The smallest absolute Gasteiger partial charge is 0.0803 e. The Morgan fingerprint density at radius 2 is 2.31 bits per heavy atom. The highest BCUT2D eigenvalue weighted by molar-refractivity contribution is 7.09. The molecule has 0 amide bonds. The number of nitrogens with one attached hydrogen (secondary N) is 1. The van der Waals surface area contributed by atoms with Crippen molar-refractivity contribution in [2.45, 2.75) is 45.3 Å². The molecule has 0 saturated carbocycles. The number of hydrogen-bond donors (Lipinski definition) is 1. The zero-order valence-electron chi connectivity index (χ0n) is 10.6. The molecule has 1 aromatic heterocycles. The van der Waals surface area contributed by atoms with Crippen LogP contribution in [0.15, 0.2) is 11.7 Å². The van der Waals surface area contributed by atoms with Crippen LogP contribution in [0.5, 0.6) is 0 Å². The van der Waals surface area contributed by atoms with E-state index in [0.717, 1.165) is 19.4 Å². The van der Waals surface area contributed by atoms with Gasteiger partial charge in [-0.25, -0.2) is 0 Å². The van der Waals surface area contributed by atoms with Crippen LogP contribution in [0.3, 0.4) is 0 Å². The molecule has 1 N–H and O–H groups in total. The molecule has 1 aromatic rings. The third-order valence-corrected chi connectivity index (χ3v) is 4.05. The molecule has 3 nitrogen and oxygen atoms in total. The predicted octanol–water partition coefficient (Wildman–Crippen LogP) is 2.48. The van der Waals surface area contributed by atoms with Crippen LogP contribution in [0, 0.1) is 0 Å². The largest absolute Gasteiger partial charge is 0.377 e. The van der Waals surface area contributed by atoms with Crippen molar-refractivity contribution in [1.82, 2.24) is 10.3 Å². The lowest BCUT2D eigenvalue weighted by atomic mass is 9.90. The van der Waals surface area contributed by atoms with E-state index in [9.17, 15) is 0 Å². The van der Waals surface area contributed by atoms with E-state index < -0.39 is 0 Å². The number of likely N-dealkylation sites (N-methyl/N-ethyl adjacent to an activating group) is 1. The Hall–Kier alpha value is -0.450. The molecule has 0 aromatic carbocycles. The van der Waals surface area contributed by atoms with Gasteiger partial charge in [-0.2, -0.15) is 0 Å². The topological polar surface area (TPSA) is 34.2 Å². The average Bonchev–Trinajstić information content (AvgIpc) is 2.80. The molecule has 2 unspecified atom stereocenters. The van der Waals surface area contributed by atoms with Gasteiger partial charge in [0.25, 0.3) is 0 Å². The summed E-state index contributed by atoms with van der Waals surface area (Å²) in [5.74, 6) is 0. The predicted molar refractivity (Wildman–Crippen MR) is 69.0 cm³/mol. The minimum Gasteiger partial charge on any atom is -0.377 e. The van der Waals surface area contributed by atoms with Gasteiger partial charge in [0.05, 0.1) is 11.1 Å². The zero-order chi connectivity index (χ0) is 12.0. The van der Waals surface area contributed by atoms with E-state index in [1.165, 1.54) is 4.88 Å². The molecule has 0 radical (unpaired) electrons. The van der Waals surface area contributed by atoms with Crippen molar-refractivity contribution in [2.75, 3.05) is 13.7 Å². The summed E-state index contributed by atoms with van der Waals surface area (Å²) in [5, 5.41) is 3.52. The highest BCUT2D eigenvalue weighted by atomic mass is 32.1. The molecule has 0 aliphatic rings. The second-order valence-corrected chi connectivity index (χ2v) is 5.12. The van der Waals surface area contributed by atoms with Gasteiger partial charge in [-0.3, -0.25) is 4.98 Å². The number of aromatic nitrogens is 1. The van der Waals surface area contributed by atoms with Crippen molar-refractivity contribution in [3.05, 3.63) is 16.6 Å².